The number of hydrogen-bond acceptors (Lipinski definition) is 7. The highest BCUT2D eigenvalue weighted by Crippen LogP contribution is 2.29. The van der Waals surface area contributed by atoms with Crippen LogP contribution in [0.4, 0.5) is 4.79 Å². The third-order valence-electron chi connectivity index (χ3n) is 8.11. The van der Waals surface area contributed by atoms with Crippen molar-refractivity contribution in [3.63, 3.8) is 0 Å². The summed E-state index contributed by atoms with van der Waals surface area (Å²) >= 11 is 0. The average Bonchev–Trinajstić information content (AvgIpc) is 2.99. The molecule has 0 aliphatic heterocycles. The van der Waals surface area contributed by atoms with E-state index < -0.39 is 48.3 Å². The summed E-state index contributed by atoms with van der Waals surface area (Å²) in [5.41, 5.74) is 0.782. The molecule has 2 unspecified atom stereocenters. The first kappa shape index (κ1) is 37.1. The van der Waals surface area contributed by atoms with E-state index in [0.717, 1.165) is 31.2 Å². The Kier molecular flexibility index (Phi) is 16.3. The van der Waals surface area contributed by atoms with E-state index in [1.165, 1.54) is 11.3 Å². The van der Waals surface area contributed by atoms with Gasteiger partial charge in [0.2, 0.25) is 5.91 Å². The van der Waals surface area contributed by atoms with E-state index in [9.17, 15) is 24.6 Å². The van der Waals surface area contributed by atoms with Crippen LogP contribution in [0.15, 0.2) is 30.3 Å². The van der Waals surface area contributed by atoms with Crippen LogP contribution in [-0.4, -0.2) is 103 Å². The number of hydrogen-bond donors (Lipinski definition) is 4. The van der Waals surface area contributed by atoms with E-state index >= 15 is 0 Å². The van der Waals surface area contributed by atoms with Crippen molar-refractivity contribution < 1.29 is 29.3 Å². The van der Waals surface area contributed by atoms with Gasteiger partial charge in [-0.05, 0) is 44.3 Å². The lowest BCUT2D eigenvalue weighted by atomic mass is 9.82. The van der Waals surface area contributed by atoms with Crippen molar-refractivity contribution in [1.82, 2.24) is 20.4 Å². The lowest BCUT2D eigenvalue weighted by molar-refractivity contribution is -0.135. The van der Waals surface area contributed by atoms with Crippen molar-refractivity contribution in [3.05, 3.63) is 35.9 Å². The molecule has 10 nitrogen and oxygen atoms in total. The lowest BCUT2D eigenvalue weighted by Crippen LogP contribution is -2.56. The van der Waals surface area contributed by atoms with E-state index in [2.05, 4.69) is 16.6 Å². The fourth-order valence-electron chi connectivity index (χ4n) is 5.50. The van der Waals surface area contributed by atoms with Gasteiger partial charge >= 0.3 is 6.09 Å². The minimum absolute atomic E-state index is 0.104. The number of aliphatic hydroxyl groups excluding tert-OH is 2. The van der Waals surface area contributed by atoms with E-state index in [1.807, 2.05) is 63.2 Å². The molecule has 1 aliphatic carbocycles. The monoisotopic (exact) mass is 614 g/mol. The minimum Gasteiger partial charge on any atom is -0.436 e. The molecule has 10 heteroatoms. The Morgan fingerprint density at radius 2 is 1.66 bits per heavy atom. The number of carbonyl (C=O) groups is 3. The molecule has 0 radical (unpaired) electrons. The molecule has 5 atom stereocenters. The summed E-state index contributed by atoms with van der Waals surface area (Å²) in [6.07, 6.45) is 7.81. The topological polar surface area (TPSA) is 131 Å². The van der Waals surface area contributed by atoms with Crippen LogP contribution in [-0.2, 0) is 20.7 Å². The number of terminal acetylenes is 1. The Labute approximate surface area is 263 Å². The maximum atomic E-state index is 13.6. The van der Waals surface area contributed by atoms with Crippen LogP contribution in [0.1, 0.15) is 70.8 Å². The number of ether oxygens (including phenoxy) is 1. The molecule has 0 spiro atoms. The van der Waals surface area contributed by atoms with Gasteiger partial charge in [-0.1, -0.05) is 76.3 Å². The Morgan fingerprint density at radius 1 is 1.00 bits per heavy atom. The van der Waals surface area contributed by atoms with Gasteiger partial charge in [0, 0.05) is 33.0 Å². The first-order chi connectivity index (χ1) is 20.9. The second kappa shape index (κ2) is 19.3. The van der Waals surface area contributed by atoms with Crippen LogP contribution in [0.5, 0.6) is 0 Å². The predicted molar refractivity (Wildman–Crippen MR) is 172 cm³/mol. The van der Waals surface area contributed by atoms with Crippen molar-refractivity contribution in [2.75, 3.05) is 34.2 Å². The largest absolute Gasteiger partial charge is 0.436 e. The zero-order valence-corrected chi connectivity index (χ0v) is 27.2. The average molecular weight is 615 g/mol. The maximum absolute atomic E-state index is 13.6. The van der Waals surface area contributed by atoms with Crippen molar-refractivity contribution in [3.8, 4) is 12.3 Å². The third-order valence-corrected chi connectivity index (χ3v) is 8.11. The SMILES string of the molecule is C#CC[C@H](NC(=O)C(Cc1ccccc1)OC(=O)N(C)CCN(C)C)C(=O)NC(CC1CCCCC1)[C@@H](O)[C@@H](O)CC(C)C. The molecule has 1 aromatic carbocycles. The fourth-order valence-corrected chi connectivity index (χ4v) is 5.50. The smallest absolute Gasteiger partial charge is 0.410 e. The number of carbonyl (C=O) groups excluding carboxylic acids is 3. The molecule has 1 fully saturated rings. The summed E-state index contributed by atoms with van der Waals surface area (Å²) < 4.78 is 5.66. The number of benzene rings is 1. The van der Waals surface area contributed by atoms with E-state index in [4.69, 9.17) is 11.2 Å². The zero-order valence-electron chi connectivity index (χ0n) is 27.2. The quantitative estimate of drug-likeness (QED) is 0.199. The number of rotatable bonds is 17. The maximum Gasteiger partial charge on any atom is 0.410 e. The van der Waals surface area contributed by atoms with Gasteiger partial charge in [0.05, 0.1) is 12.1 Å². The highest BCUT2D eigenvalue weighted by Gasteiger charge is 2.34. The van der Waals surface area contributed by atoms with E-state index in [1.54, 1.807) is 7.05 Å². The highest BCUT2D eigenvalue weighted by atomic mass is 16.6. The molecule has 1 saturated carbocycles. The summed E-state index contributed by atoms with van der Waals surface area (Å²) in [6.45, 7) is 4.94. The van der Waals surface area contributed by atoms with Crippen molar-refractivity contribution in [2.45, 2.75) is 102 Å². The van der Waals surface area contributed by atoms with E-state index in [-0.39, 0.29) is 18.8 Å². The lowest BCUT2D eigenvalue weighted by Gasteiger charge is -2.33. The van der Waals surface area contributed by atoms with Crippen LogP contribution in [0, 0.1) is 24.2 Å². The van der Waals surface area contributed by atoms with E-state index in [0.29, 0.717) is 31.8 Å². The van der Waals surface area contributed by atoms with Gasteiger partial charge in [-0.2, -0.15) is 0 Å². The first-order valence-corrected chi connectivity index (χ1v) is 15.9. The number of amides is 3. The standard InChI is InChI=1S/C34H54N4O6/c1-7-14-27(32(41)36-28(22-25-15-10-8-11-16-25)31(40)29(39)21-24(2)3)35-33(42)30(23-26-17-12-9-13-18-26)44-34(43)38(6)20-19-37(4)5/h1,9,12-13,17-18,24-25,27-31,39-40H,8,10-11,14-16,19-23H2,2-6H3,(H,35,42)(H,36,41)/t27-,28?,29-,30?,31+/m0/s1. The van der Waals surface area contributed by atoms with Crippen molar-refractivity contribution in [2.24, 2.45) is 11.8 Å². The molecule has 2 rings (SSSR count). The van der Waals surface area contributed by atoms with Crippen LogP contribution in [0.25, 0.3) is 0 Å². The molecule has 0 saturated heterocycles. The van der Waals surface area contributed by atoms with Gasteiger partial charge in [0.15, 0.2) is 6.10 Å². The Bertz CT molecular complexity index is 1050. The molecular weight excluding hydrogens is 560 g/mol. The minimum atomic E-state index is -1.21. The molecule has 3 amide bonds. The van der Waals surface area contributed by atoms with Gasteiger partial charge in [0.1, 0.15) is 12.1 Å². The van der Waals surface area contributed by atoms with Gasteiger partial charge in [-0.15, -0.1) is 12.3 Å². The molecule has 1 aliphatic rings. The second-order valence-electron chi connectivity index (χ2n) is 12.8. The molecule has 0 heterocycles. The van der Waals surface area contributed by atoms with Gasteiger partial charge < -0.3 is 35.4 Å². The Balaban J connectivity index is 2.21. The summed E-state index contributed by atoms with van der Waals surface area (Å²) in [7, 11) is 5.39. The number of aliphatic hydroxyl groups is 2. The van der Waals surface area contributed by atoms with Crippen molar-refractivity contribution >= 4 is 17.9 Å². The Morgan fingerprint density at radius 3 is 2.25 bits per heavy atom. The fraction of sp³-hybridized carbons (Fsp3) is 0.676. The third kappa shape index (κ3) is 13.2. The number of nitrogens with zero attached hydrogens (tertiary/aromatic N) is 2. The molecule has 1 aromatic rings. The highest BCUT2D eigenvalue weighted by molar-refractivity contribution is 5.90. The number of likely N-dealkylation sites (N-methyl/N-ethyl adjacent to an activating group) is 2. The summed E-state index contributed by atoms with van der Waals surface area (Å²) in [4.78, 5) is 43.4. The van der Waals surface area contributed by atoms with Gasteiger partial charge in [0.25, 0.3) is 5.91 Å². The second-order valence-corrected chi connectivity index (χ2v) is 12.8. The summed E-state index contributed by atoms with van der Waals surface area (Å²) in [5, 5.41) is 27.5. The van der Waals surface area contributed by atoms with Crippen LogP contribution in [0.2, 0.25) is 0 Å². The van der Waals surface area contributed by atoms with Gasteiger partial charge in [-0.3, -0.25) is 9.59 Å². The Hall–Kier alpha value is -3.13. The van der Waals surface area contributed by atoms with Crippen molar-refractivity contribution in [1.29, 1.82) is 0 Å². The first-order valence-electron chi connectivity index (χ1n) is 15.9. The summed E-state index contributed by atoms with van der Waals surface area (Å²) in [6, 6.07) is 7.33. The molecule has 4 N–H and O–H groups in total. The molecular formula is C34H54N4O6. The predicted octanol–water partition coefficient (Wildman–Crippen LogP) is 2.96. The molecule has 246 valence electrons. The van der Waals surface area contributed by atoms with Crippen LogP contribution < -0.4 is 10.6 Å². The molecule has 0 bridgehead atoms. The molecule has 0 aromatic heterocycles. The summed E-state index contributed by atoms with van der Waals surface area (Å²) in [5.74, 6) is 1.72. The zero-order chi connectivity index (χ0) is 32.6. The normalized spacial score (nSPS) is 17.2. The number of nitrogens with one attached hydrogen (secondary N) is 2. The molecule has 44 heavy (non-hydrogen) atoms. The van der Waals surface area contributed by atoms with Gasteiger partial charge in [-0.25, -0.2) is 4.79 Å². The van der Waals surface area contributed by atoms with Crippen LogP contribution >= 0.6 is 0 Å². The van der Waals surface area contributed by atoms with Crippen LogP contribution in [0.3, 0.4) is 0 Å².